The van der Waals surface area contributed by atoms with Crippen molar-refractivity contribution in [1.29, 1.82) is 10.5 Å². The van der Waals surface area contributed by atoms with Crippen LogP contribution in [0.15, 0.2) is 35.9 Å². The molecule has 0 aliphatic carbocycles. The molecule has 1 saturated heterocycles. The molecule has 1 aliphatic heterocycles. The van der Waals surface area contributed by atoms with Crippen LogP contribution in [0, 0.1) is 22.7 Å². The highest BCUT2D eigenvalue weighted by Gasteiger charge is 2.14. The molecule has 116 valence electrons. The highest BCUT2D eigenvalue weighted by molar-refractivity contribution is 7.24. The number of thiophene rings is 2. The smallest absolute Gasteiger partial charge is 0.126 e. The van der Waals surface area contributed by atoms with Gasteiger partial charge in [-0.2, -0.15) is 10.5 Å². The third kappa shape index (κ3) is 3.82. The van der Waals surface area contributed by atoms with Crippen molar-refractivity contribution in [2.75, 3.05) is 18.0 Å². The van der Waals surface area contributed by atoms with Gasteiger partial charge in [-0.3, -0.25) is 0 Å². The van der Waals surface area contributed by atoms with Gasteiger partial charge in [-0.05, 0) is 43.5 Å². The molecule has 0 aromatic carbocycles. The number of nitriles is 2. The average molecular weight is 339 g/mol. The largest absolute Gasteiger partial charge is 0.363 e. The summed E-state index contributed by atoms with van der Waals surface area (Å²) in [4.78, 5) is 6.22. The number of allylic oxidation sites excluding steroid dienone is 2. The summed E-state index contributed by atoms with van der Waals surface area (Å²) >= 11 is 3.59. The highest BCUT2D eigenvalue weighted by atomic mass is 32.1. The molecule has 1 fully saturated rings. The van der Waals surface area contributed by atoms with Gasteiger partial charge in [0, 0.05) is 34.1 Å². The molecular formula is C18H17N3S2. The van der Waals surface area contributed by atoms with Crippen LogP contribution in [0.5, 0.6) is 0 Å². The third-order valence-corrected chi connectivity index (χ3v) is 6.36. The SMILES string of the molecule is N#CC(C#N)=CCc1ccc(-c2ccc(N3CCCCC3)s2)s1. The van der Waals surface area contributed by atoms with Crippen LogP contribution in [0.2, 0.25) is 0 Å². The van der Waals surface area contributed by atoms with E-state index in [-0.39, 0.29) is 5.57 Å². The van der Waals surface area contributed by atoms with Crippen molar-refractivity contribution in [3.63, 3.8) is 0 Å². The summed E-state index contributed by atoms with van der Waals surface area (Å²) in [6.45, 7) is 2.34. The number of piperidine rings is 1. The number of hydrogen-bond donors (Lipinski definition) is 0. The molecule has 0 atom stereocenters. The lowest BCUT2D eigenvalue weighted by Gasteiger charge is -2.27. The Morgan fingerprint density at radius 1 is 1.00 bits per heavy atom. The number of hydrogen-bond acceptors (Lipinski definition) is 5. The molecule has 0 unspecified atom stereocenters. The minimum Gasteiger partial charge on any atom is -0.363 e. The first kappa shape index (κ1) is 15.8. The molecule has 0 amide bonds. The number of anilines is 1. The zero-order valence-corrected chi connectivity index (χ0v) is 14.4. The second kappa shape index (κ2) is 7.46. The van der Waals surface area contributed by atoms with E-state index in [0.29, 0.717) is 6.42 Å². The lowest BCUT2D eigenvalue weighted by atomic mass is 10.1. The van der Waals surface area contributed by atoms with Crippen molar-refractivity contribution in [3.8, 4) is 21.9 Å². The quantitative estimate of drug-likeness (QED) is 0.738. The first-order valence-corrected chi connectivity index (χ1v) is 9.37. The first-order chi connectivity index (χ1) is 11.3. The maximum atomic E-state index is 8.77. The summed E-state index contributed by atoms with van der Waals surface area (Å²) in [6.07, 6.45) is 6.28. The molecule has 3 rings (SSSR count). The maximum Gasteiger partial charge on any atom is 0.126 e. The predicted octanol–water partition coefficient (Wildman–Crippen LogP) is 4.98. The summed E-state index contributed by atoms with van der Waals surface area (Å²) in [5, 5.41) is 18.9. The van der Waals surface area contributed by atoms with Crippen molar-refractivity contribution >= 4 is 27.7 Å². The second-order valence-corrected chi connectivity index (χ2v) is 7.73. The van der Waals surface area contributed by atoms with Gasteiger partial charge < -0.3 is 4.90 Å². The molecule has 5 heteroatoms. The van der Waals surface area contributed by atoms with Crippen molar-refractivity contribution in [2.45, 2.75) is 25.7 Å². The van der Waals surface area contributed by atoms with E-state index in [1.165, 1.54) is 52.0 Å². The standard InChI is InChI=1S/C18H17N3S2/c19-12-14(13-20)4-5-15-6-7-16(22-15)17-8-9-18(23-17)21-10-2-1-3-11-21/h4,6-9H,1-3,5,10-11H2. The molecule has 0 N–H and O–H groups in total. The van der Waals surface area contributed by atoms with E-state index < -0.39 is 0 Å². The lowest BCUT2D eigenvalue weighted by Crippen LogP contribution is -2.28. The highest BCUT2D eigenvalue weighted by Crippen LogP contribution is 2.38. The second-order valence-electron chi connectivity index (χ2n) is 5.50. The minimum atomic E-state index is 0.184. The van der Waals surface area contributed by atoms with Crippen molar-refractivity contribution in [3.05, 3.63) is 40.8 Å². The van der Waals surface area contributed by atoms with Gasteiger partial charge >= 0.3 is 0 Å². The minimum absolute atomic E-state index is 0.184. The van der Waals surface area contributed by atoms with Gasteiger partial charge in [0.2, 0.25) is 0 Å². The lowest BCUT2D eigenvalue weighted by molar-refractivity contribution is 0.580. The Bertz CT molecular complexity index is 764. The van der Waals surface area contributed by atoms with Crippen LogP contribution in [0.25, 0.3) is 9.75 Å². The van der Waals surface area contributed by atoms with E-state index in [2.05, 4.69) is 29.2 Å². The molecule has 2 aromatic rings. The normalized spacial score (nSPS) is 14.1. The average Bonchev–Trinajstić information content (AvgIpc) is 3.26. The molecule has 0 radical (unpaired) electrons. The van der Waals surface area contributed by atoms with Crippen molar-refractivity contribution < 1.29 is 0 Å². The van der Waals surface area contributed by atoms with Crippen molar-refractivity contribution in [2.24, 2.45) is 0 Å². The van der Waals surface area contributed by atoms with Gasteiger partial charge in [-0.15, -0.1) is 22.7 Å². The van der Waals surface area contributed by atoms with Gasteiger partial charge in [-0.25, -0.2) is 0 Å². The molecule has 2 aromatic heterocycles. The Balaban J connectivity index is 1.71. The van der Waals surface area contributed by atoms with E-state index in [9.17, 15) is 0 Å². The summed E-state index contributed by atoms with van der Waals surface area (Å²) < 4.78 is 0. The Morgan fingerprint density at radius 2 is 1.70 bits per heavy atom. The number of nitrogens with zero attached hydrogens (tertiary/aromatic N) is 3. The zero-order valence-electron chi connectivity index (χ0n) is 12.8. The van der Waals surface area contributed by atoms with Crippen LogP contribution in [0.4, 0.5) is 5.00 Å². The fourth-order valence-electron chi connectivity index (χ4n) is 2.68. The van der Waals surface area contributed by atoms with Gasteiger partial charge in [0.15, 0.2) is 0 Å². The van der Waals surface area contributed by atoms with Crippen molar-refractivity contribution in [1.82, 2.24) is 0 Å². The van der Waals surface area contributed by atoms with Gasteiger partial charge in [0.1, 0.15) is 17.7 Å². The summed E-state index contributed by atoms with van der Waals surface area (Å²) in [5.41, 5.74) is 0.184. The summed E-state index contributed by atoms with van der Waals surface area (Å²) in [5.74, 6) is 0. The van der Waals surface area contributed by atoms with Crippen LogP contribution in [-0.4, -0.2) is 13.1 Å². The molecule has 0 bridgehead atoms. The van der Waals surface area contributed by atoms with Gasteiger partial charge in [-0.1, -0.05) is 6.08 Å². The van der Waals surface area contributed by atoms with Gasteiger partial charge in [0.05, 0.1) is 5.00 Å². The van der Waals surface area contributed by atoms with Crippen LogP contribution in [-0.2, 0) is 6.42 Å². The topological polar surface area (TPSA) is 50.8 Å². The first-order valence-electron chi connectivity index (χ1n) is 7.74. The third-order valence-electron chi connectivity index (χ3n) is 3.91. The Hall–Kier alpha value is -2.08. The van der Waals surface area contributed by atoms with E-state index in [1.807, 2.05) is 23.5 Å². The summed E-state index contributed by atoms with van der Waals surface area (Å²) in [6, 6.07) is 12.5. The van der Waals surface area contributed by atoms with E-state index in [4.69, 9.17) is 10.5 Å². The van der Waals surface area contributed by atoms with E-state index in [1.54, 1.807) is 17.4 Å². The zero-order chi connectivity index (χ0) is 16.1. The Morgan fingerprint density at radius 3 is 2.43 bits per heavy atom. The van der Waals surface area contributed by atoms with Crippen LogP contribution >= 0.6 is 22.7 Å². The predicted molar refractivity (Wildman–Crippen MR) is 96.7 cm³/mol. The fraction of sp³-hybridized carbons (Fsp3) is 0.333. The molecule has 0 spiro atoms. The number of rotatable bonds is 4. The molecule has 3 nitrogen and oxygen atoms in total. The van der Waals surface area contributed by atoms with Crippen LogP contribution in [0.1, 0.15) is 24.1 Å². The molecule has 0 saturated carbocycles. The summed E-state index contributed by atoms with van der Waals surface area (Å²) in [7, 11) is 0. The fourth-order valence-corrected chi connectivity index (χ4v) is 4.80. The molecule has 23 heavy (non-hydrogen) atoms. The molecule has 3 heterocycles. The monoisotopic (exact) mass is 339 g/mol. The molecule has 1 aliphatic rings. The maximum absolute atomic E-state index is 8.77. The van der Waals surface area contributed by atoms with Gasteiger partial charge in [0.25, 0.3) is 0 Å². The Kier molecular flexibility index (Phi) is 5.12. The Labute approximate surface area is 144 Å². The van der Waals surface area contributed by atoms with E-state index in [0.717, 1.165) is 0 Å². The van der Waals surface area contributed by atoms with Crippen LogP contribution in [0.3, 0.4) is 0 Å². The molecular weight excluding hydrogens is 322 g/mol. The van der Waals surface area contributed by atoms with Crippen LogP contribution < -0.4 is 4.90 Å². The van der Waals surface area contributed by atoms with E-state index >= 15 is 0 Å².